The summed E-state index contributed by atoms with van der Waals surface area (Å²) in [5.74, 6) is 1.86. The van der Waals surface area contributed by atoms with Crippen LogP contribution < -0.4 is 5.73 Å². The van der Waals surface area contributed by atoms with Gasteiger partial charge >= 0.3 is 0 Å². The van der Waals surface area contributed by atoms with Gasteiger partial charge in [-0.25, -0.2) is 4.98 Å². The third kappa shape index (κ3) is 1.35. The third-order valence-corrected chi connectivity index (χ3v) is 3.57. The van der Waals surface area contributed by atoms with Gasteiger partial charge in [0.2, 0.25) is 0 Å². The minimum absolute atomic E-state index is 0.527. The van der Waals surface area contributed by atoms with E-state index in [4.69, 9.17) is 10.7 Å². The molecular formula is C13H17N3. The molecule has 2 heterocycles. The average Bonchev–Trinajstić information content (AvgIpc) is 2.54. The Morgan fingerprint density at radius 3 is 2.94 bits per heavy atom. The van der Waals surface area contributed by atoms with Gasteiger partial charge in [-0.1, -0.05) is 6.42 Å². The first-order valence-electron chi connectivity index (χ1n) is 5.97. The van der Waals surface area contributed by atoms with Gasteiger partial charge in [0.05, 0.1) is 11.2 Å². The van der Waals surface area contributed by atoms with E-state index < -0.39 is 0 Å². The standard InChI is InChI=1S/C13H17N3/c1-9-5-6-16-12(7-9)11(8-14)15-13(16)10-3-2-4-10/h5-7,10H,2-4,8,14H2,1H3. The highest BCUT2D eigenvalue weighted by Gasteiger charge is 2.24. The van der Waals surface area contributed by atoms with Crippen LogP contribution in [0.25, 0.3) is 5.52 Å². The number of hydrogen-bond donors (Lipinski definition) is 1. The molecule has 84 valence electrons. The molecule has 2 aromatic heterocycles. The Hall–Kier alpha value is -1.35. The van der Waals surface area contributed by atoms with Gasteiger partial charge in [-0.2, -0.15) is 0 Å². The van der Waals surface area contributed by atoms with Crippen LogP contribution in [0.4, 0.5) is 0 Å². The number of rotatable bonds is 2. The Bertz CT molecular complexity index is 523. The van der Waals surface area contributed by atoms with Crippen molar-refractivity contribution < 1.29 is 0 Å². The summed E-state index contributed by atoms with van der Waals surface area (Å²) in [6.45, 7) is 2.63. The first-order valence-corrected chi connectivity index (χ1v) is 5.97. The minimum Gasteiger partial charge on any atom is -0.325 e. The lowest BCUT2D eigenvalue weighted by Gasteiger charge is -2.23. The summed E-state index contributed by atoms with van der Waals surface area (Å²) in [5, 5.41) is 0. The lowest BCUT2D eigenvalue weighted by Crippen LogP contribution is -2.12. The van der Waals surface area contributed by atoms with Crippen LogP contribution in [0.15, 0.2) is 18.3 Å². The number of nitrogens with zero attached hydrogens (tertiary/aromatic N) is 2. The second-order valence-corrected chi connectivity index (χ2v) is 4.71. The van der Waals surface area contributed by atoms with Crippen molar-refractivity contribution in [1.29, 1.82) is 0 Å². The second kappa shape index (κ2) is 3.59. The molecule has 0 unspecified atom stereocenters. The highest BCUT2D eigenvalue weighted by atomic mass is 15.0. The molecule has 0 bridgehead atoms. The van der Waals surface area contributed by atoms with E-state index in [-0.39, 0.29) is 0 Å². The number of nitrogens with two attached hydrogens (primary N) is 1. The predicted molar refractivity (Wildman–Crippen MR) is 64.4 cm³/mol. The molecule has 0 spiro atoms. The SMILES string of the molecule is Cc1ccn2c(C3CCC3)nc(CN)c2c1. The molecule has 2 aromatic rings. The van der Waals surface area contributed by atoms with Crippen molar-refractivity contribution >= 4 is 5.52 Å². The zero-order chi connectivity index (χ0) is 11.1. The summed E-state index contributed by atoms with van der Waals surface area (Å²) in [4.78, 5) is 4.71. The van der Waals surface area contributed by atoms with Crippen molar-refractivity contribution in [1.82, 2.24) is 9.38 Å². The van der Waals surface area contributed by atoms with Crippen LogP contribution in [0, 0.1) is 6.92 Å². The van der Waals surface area contributed by atoms with Crippen LogP contribution in [-0.4, -0.2) is 9.38 Å². The van der Waals surface area contributed by atoms with E-state index >= 15 is 0 Å². The Morgan fingerprint density at radius 1 is 1.50 bits per heavy atom. The Morgan fingerprint density at radius 2 is 2.31 bits per heavy atom. The summed E-state index contributed by atoms with van der Waals surface area (Å²) >= 11 is 0. The maximum absolute atomic E-state index is 5.76. The Kier molecular flexibility index (Phi) is 2.21. The molecule has 1 fully saturated rings. The molecular weight excluding hydrogens is 198 g/mol. The molecule has 0 saturated heterocycles. The van der Waals surface area contributed by atoms with E-state index in [2.05, 4.69) is 29.7 Å². The molecule has 2 N–H and O–H groups in total. The molecule has 0 aromatic carbocycles. The highest BCUT2D eigenvalue weighted by molar-refractivity contribution is 5.55. The van der Waals surface area contributed by atoms with E-state index in [9.17, 15) is 0 Å². The molecule has 1 saturated carbocycles. The molecule has 1 aliphatic carbocycles. The van der Waals surface area contributed by atoms with Gasteiger partial charge in [0, 0.05) is 18.7 Å². The van der Waals surface area contributed by atoms with Gasteiger partial charge in [-0.3, -0.25) is 0 Å². The monoisotopic (exact) mass is 215 g/mol. The van der Waals surface area contributed by atoms with Crippen molar-refractivity contribution in [2.24, 2.45) is 5.73 Å². The van der Waals surface area contributed by atoms with Gasteiger partial charge in [-0.05, 0) is 37.5 Å². The smallest absolute Gasteiger partial charge is 0.116 e. The van der Waals surface area contributed by atoms with Gasteiger partial charge < -0.3 is 10.1 Å². The maximum Gasteiger partial charge on any atom is 0.116 e. The van der Waals surface area contributed by atoms with Crippen LogP contribution >= 0.6 is 0 Å². The maximum atomic E-state index is 5.76. The van der Waals surface area contributed by atoms with Crippen LogP contribution in [0.5, 0.6) is 0 Å². The van der Waals surface area contributed by atoms with E-state index in [0.29, 0.717) is 12.5 Å². The fourth-order valence-electron chi connectivity index (χ4n) is 2.38. The summed E-state index contributed by atoms with van der Waals surface area (Å²) in [5.41, 5.74) is 9.25. The Balaban J connectivity index is 2.21. The largest absolute Gasteiger partial charge is 0.325 e. The lowest BCUT2D eigenvalue weighted by molar-refractivity contribution is 0.400. The zero-order valence-corrected chi connectivity index (χ0v) is 9.61. The molecule has 0 radical (unpaired) electrons. The van der Waals surface area contributed by atoms with Gasteiger partial charge in [-0.15, -0.1) is 0 Å². The number of aryl methyl sites for hydroxylation is 1. The molecule has 3 rings (SSSR count). The van der Waals surface area contributed by atoms with Crippen molar-refractivity contribution in [2.75, 3.05) is 0 Å². The second-order valence-electron chi connectivity index (χ2n) is 4.71. The summed E-state index contributed by atoms with van der Waals surface area (Å²) in [6, 6.07) is 4.31. The van der Waals surface area contributed by atoms with Gasteiger partial charge in [0.1, 0.15) is 5.82 Å². The number of pyridine rings is 1. The van der Waals surface area contributed by atoms with Crippen LogP contribution in [-0.2, 0) is 6.54 Å². The summed E-state index contributed by atoms with van der Waals surface area (Å²) < 4.78 is 2.22. The zero-order valence-electron chi connectivity index (χ0n) is 9.61. The molecule has 0 atom stereocenters. The molecule has 3 heteroatoms. The molecule has 1 aliphatic rings. The van der Waals surface area contributed by atoms with Crippen molar-refractivity contribution in [3.8, 4) is 0 Å². The van der Waals surface area contributed by atoms with Gasteiger partial charge in [0.15, 0.2) is 0 Å². The summed E-state index contributed by atoms with van der Waals surface area (Å²) in [7, 11) is 0. The van der Waals surface area contributed by atoms with Crippen molar-refractivity contribution in [3.63, 3.8) is 0 Å². The van der Waals surface area contributed by atoms with Crippen molar-refractivity contribution in [3.05, 3.63) is 35.4 Å². The van der Waals surface area contributed by atoms with Gasteiger partial charge in [0.25, 0.3) is 0 Å². The van der Waals surface area contributed by atoms with Crippen LogP contribution in [0.2, 0.25) is 0 Å². The van der Waals surface area contributed by atoms with E-state index in [1.165, 1.54) is 36.2 Å². The van der Waals surface area contributed by atoms with Crippen LogP contribution in [0.1, 0.15) is 42.3 Å². The number of imidazole rings is 1. The van der Waals surface area contributed by atoms with E-state index in [1.54, 1.807) is 0 Å². The molecule has 16 heavy (non-hydrogen) atoms. The summed E-state index contributed by atoms with van der Waals surface area (Å²) in [6.07, 6.45) is 6.02. The molecule has 3 nitrogen and oxygen atoms in total. The fourth-order valence-corrected chi connectivity index (χ4v) is 2.38. The first kappa shape index (κ1) is 9.85. The highest BCUT2D eigenvalue weighted by Crippen LogP contribution is 2.36. The minimum atomic E-state index is 0.527. The Labute approximate surface area is 95.3 Å². The quantitative estimate of drug-likeness (QED) is 0.835. The molecule has 0 aliphatic heterocycles. The van der Waals surface area contributed by atoms with Crippen molar-refractivity contribution in [2.45, 2.75) is 38.6 Å². The average molecular weight is 215 g/mol. The topological polar surface area (TPSA) is 43.3 Å². The van der Waals surface area contributed by atoms with E-state index in [0.717, 1.165) is 5.69 Å². The third-order valence-electron chi connectivity index (χ3n) is 3.57. The molecule has 0 amide bonds. The fraction of sp³-hybridized carbons (Fsp3) is 0.462. The predicted octanol–water partition coefficient (Wildman–Crippen LogP) is 2.37. The lowest BCUT2D eigenvalue weighted by atomic mass is 9.85. The van der Waals surface area contributed by atoms with E-state index in [1.807, 2.05) is 0 Å². The number of fused-ring (bicyclic) bond motifs is 1. The number of hydrogen-bond acceptors (Lipinski definition) is 2. The van der Waals surface area contributed by atoms with Crippen LogP contribution in [0.3, 0.4) is 0 Å². The number of aromatic nitrogens is 2. The normalized spacial score (nSPS) is 16.6. The first-order chi connectivity index (χ1) is 7.79.